The van der Waals surface area contributed by atoms with Crippen LogP contribution in [-0.2, 0) is 0 Å². The van der Waals surface area contributed by atoms with Gasteiger partial charge in [0, 0.05) is 0 Å². The van der Waals surface area contributed by atoms with Gasteiger partial charge in [0.25, 0.3) is 0 Å². The Morgan fingerprint density at radius 2 is 2.00 bits per heavy atom. The summed E-state index contributed by atoms with van der Waals surface area (Å²) in [5.41, 5.74) is 2.54. The minimum atomic E-state index is 1.13. The molecule has 0 amide bonds. The standard InChI is InChI=1S/C8H14/c1-5-8(4)6-7(2)3/h6H,2,5H2,1,3-4H3/b8-6+. The molecule has 8 heavy (non-hydrogen) atoms. The molecule has 0 unspecified atom stereocenters. The lowest BCUT2D eigenvalue weighted by atomic mass is 10.2. The quantitative estimate of drug-likeness (QED) is 0.479. The molecule has 0 aliphatic rings. The lowest BCUT2D eigenvalue weighted by Crippen LogP contribution is -1.70. The van der Waals surface area contributed by atoms with Crippen molar-refractivity contribution in [2.45, 2.75) is 27.2 Å². The molecule has 0 fully saturated rings. The smallest absolute Gasteiger partial charge is 0.0348 e. The Morgan fingerprint density at radius 3 is 2.12 bits per heavy atom. The highest BCUT2D eigenvalue weighted by molar-refractivity contribution is 5.16. The van der Waals surface area contributed by atoms with Crippen LogP contribution in [0.2, 0.25) is 0 Å². The van der Waals surface area contributed by atoms with Gasteiger partial charge in [-0.1, -0.05) is 30.7 Å². The van der Waals surface area contributed by atoms with Gasteiger partial charge in [0.05, 0.1) is 0 Å². The molecule has 0 nitrogen and oxygen atoms in total. The Bertz CT molecular complexity index is 107. The first-order valence-electron chi connectivity index (χ1n) is 2.99. The second-order valence-corrected chi connectivity index (χ2v) is 2.19. The Hall–Kier alpha value is -0.520. The number of allylic oxidation sites excluding steroid dienone is 3. The first-order valence-corrected chi connectivity index (χ1v) is 2.99. The zero-order chi connectivity index (χ0) is 6.57. The van der Waals surface area contributed by atoms with E-state index in [-0.39, 0.29) is 0 Å². The van der Waals surface area contributed by atoms with Gasteiger partial charge in [-0.25, -0.2) is 0 Å². The second kappa shape index (κ2) is 3.48. The fourth-order valence-corrected chi connectivity index (χ4v) is 0.523. The summed E-state index contributed by atoms with van der Waals surface area (Å²) in [6.45, 7) is 10.0. The molecule has 0 rings (SSSR count). The normalized spacial score (nSPS) is 11.6. The number of hydrogen-bond donors (Lipinski definition) is 0. The van der Waals surface area contributed by atoms with Gasteiger partial charge in [0.1, 0.15) is 0 Å². The van der Waals surface area contributed by atoms with Crippen LogP contribution in [0.25, 0.3) is 0 Å². The SMILES string of the molecule is C=C(C)/C=C(\C)CC. The van der Waals surface area contributed by atoms with Gasteiger partial charge in [-0.2, -0.15) is 0 Å². The van der Waals surface area contributed by atoms with Gasteiger partial charge in [-0.05, 0) is 20.3 Å². The highest BCUT2D eigenvalue weighted by Crippen LogP contribution is 2.01. The van der Waals surface area contributed by atoms with Crippen molar-refractivity contribution in [2.75, 3.05) is 0 Å². The third-order valence-electron chi connectivity index (χ3n) is 1.05. The topological polar surface area (TPSA) is 0 Å². The summed E-state index contributed by atoms with van der Waals surface area (Å²) >= 11 is 0. The summed E-state index contributed by atoms with van der Waals surface area (Å²) in [5, 5.41) is 0. The molecule has 0 N–H and O–H groups in total. The molecule has 46 valence electrons. The van der Waals surface area contributed by atoms with Crippen LogP contribution in [0.3, 0.4) is 0 Å². The second-order valence-electron chi connectivity index (χ2n) is 2.19. The van der Waals surface area contributed by atoms with E-state index in [2.05, 4.69) is 26.5 Å². The molecule has 0 spiro atoms. The molecule has 0 heteroatoms. The summed E-state index contributed by atoms with van der Waals surface area (Å²) in [4.78, 5) is 0. The molecule has 0 bridgehead atoms. The van der Waals surface area contributed by atoms with E-state index >= 15 is 0 Å². The van der Waals surface area contributed by atoms with Crippen LogP contribution in [0.15, 0.2) is 23.8 Å². The van der Waals surface area contributed by atoms with Gasteiger partial charge >= 0.3 is 0 Å². The maximum absolute atomic E-state index is 3.77. The third-order valence-corrected chi connectivity index (χ3v) is 1.05. The highest BCUT2D eigenvalue weighted by Gasteiger charge is 1.80. The summed E-state index contributed by atoms with van der Waals surface area (Å²) in [6, 6.07) is 0. The summed E-state index contributed by atoms with van der Waals surface area (Å²) < 4.78 is 0. The molecule has 0 saturated carbocycles. The van der Waals surface area contributed by atoms with Crippen LogP contribution in [0, 0.1) is 0 Å². The van der Waals surface area contributed by atoms with Crippen molar-refractivity contribution in [2.24, 2.45) is 0 Å². The van der Waals surface area contributed by atoms with Gasteiger partial charge < -0.3 is 0 Å². The van der Waals surface area contributed by atoms with E-state index in [1.54, 1.807) is 0 Å². The van der Waals surface area contributed by atoms with Crippen LogP contribution in [-0.4, -0.2) is 0 Å². The van der Waals surface area contributed by atoms with Crippen molar-refractivity contribution in [3.05, 3.63) is 23.8 Å². The molecule has 0 aromatic rings. The van der Waals surface area contributed by atoms with E-state index in [4.69, 9.17) is 0 Å². The van der Waals surface area contributed by atoms with Crippen molar-refractivity contribution in [1.82, 2.24) is 0 Å². The monoisotopic (exact) mass is 110 g/mol. The zero-order valence-electron chi connectivity index (χ0n) is 5.99. The maximum atomic E-state index is 3.77. The average molecular weight is 110 g/mol. The fourth-order valence-electron chi connectivity index (χ4n) is 0.523. The van der Waals surface area contributed by atoms with E-state index in [0.717, 1.165) is 12.0 Å². The Balaban J connectivity index is 3.75. The molecular formula is C8H14. The first-order chi connectivity index (χ1) is 3.66. The third kappa shape index (κ3) is 3.66. The van der Waals surface area contributed by atoms with Crippen molar-refractivity contribution in [1.29, 1.82) is 0 Å². The summed E-state index contributed by atoms with van der Waals surface area (Å²) in [6.07, 6.45) is 3.24. The van der Waals surface area contributed by atoms with E-state index in [1.807, 2.05) is 6.92 Å². The number of rotatable bonds is 2. The molecule has 0 heterocycles. The molecule has 0 aromatic carbocycles. The van der Waals surface area contributed by atoms with E-state index < -0.39 is 0 Å². The molecule has 0 radical (unpaired) electrons. The Morgan fingerprint density at radius 1 is 1.50 bits per heavy atom. The van der Waals surface area contributed by atoms with Crippen LogP contribution in [0.1, 0.15) is 27.2 Å². The lowest BCUT2D eigenvalue weighted by molar-refractivity contribution is 1.09. The van der Waals surface area contributed by atoms with Crippen LogP contribution < -0.4 is 0 Å². The van der Waals surface area contributed by atoms with Crippen molar-refractivity contribution < 1.29 is 0 Å². The average Bonchev–Trinajstić information content (AvgIpc) is 1.65. The van der Waals surface area contributed by atoms with Crippen LogP contribution in [0.4, 0.5) is 0 Å². The van der Waals surface area contributed by atoms with Gasteiger partial charge in [0.15, 0.2) is 0 Å². The summed E-state index contributed by atoms with van der Waals surface area (Å²) in [7, 11) is 0. The van der Waals surface area contributed by atoms with Gasteiger partial charge in [-0.3, -0.25) is 0 Å². The van der Waals surface area contributed by atoms with Crippen molar-refractivity contribution >= 4 is 0 Å². The Labute approximate surface area is 51.9 Å². The fraction of sp³-hybridized carbons (Fsp3) is 0.500. The molecule has 0 atom stereocenters. The minimum Gasteiger partial charge on any atom is -0.0961 e. The first kappa shape index (κ1) is 7.48. The molecular weight excluding hydrogens is 96.1 g/mol. The van der Waals surface area contributed by atoms with E-state index in [9.17, 15) is 0 Å². The van der Waals surface area contributed by atoms with Crippen LogP contribution in [0.5, 0.6) is 0 Å². The zero-order valence-corrected chi connectivity index (χ0v) is 5.99. The number of hydrogen-bond acceptors (Lipinski definition) is 0. The highest BCUT2D eigenvalue weighted by atomic mass is 13.9. The van der Waals surface area contributed by atoms with E-state index in [0.29, 0.717) is 0 Å². The lowest BCUT2D eigenvalue weighted by Gasteiger charge is -1.91. The minimum absolute atomic E-state index is 1.13. The van der Waals surface area contributed by atoms with Gasteiger partial charge in [0.2, 0.25) is 0 Å². The maximum Gasteiger partial charge on any atom is -0.0348 e. The molecule has 0 aliphatic heterocycles. The molecule has 0 aromatic heterocycles. The predicted octanol–water partition coefficient (Wildman–Crippen LogP) is 2.92. The Kier molecular flexibility index (Phi) is 3.25. The largest absolute Gasteiger partial charge is 0.0961 e. The van der Waals surface area contributed by atoms with Crippen molar-refractivity contribution in [3.63, 3.8) is 0 Å². The predicted molar refractivity (Wildman–Crippen MR) is 38.9 cm³/mol. The van der Waals surface area contributed by atoms with Crippen molar-refractivity contribution in [3.8, 4) is 0 Å². The van der Waals surface area contributed by atoms with E-state index in [1.165, 1.54) is 5.57 Å². The summed E-state index contributed by atoms with van der Waals surface area (Å²) in [5.74, 6) is 0. The molecule has 0 saturated heterocycles. The van der Waals surface area contributed by atoms with Gasteiger partial charge in [-0.15, -0.1) is 0 Å². The molecule has 0 aliphatic carbocycles. The van der Waals surface area contributed by atoms with Crippen LogP contribution >= 0.6 is 0 Å².